The molecule has 196 valence electrons. The van der Waals surface area contributed by atoms with Crippen molar-refractivity contribution in [3.05, 3.63) is 36.0 Å². The number of carbonyl (C=O) groups excluding carboxylic acids is 3. The van der Waals surface area contributed by atoms with E-state index in [4.69, 9.17) is 5.73 Å². The van der Waals surface area contributed by atoms with Crippen molar-refractivity contribution < 1.29 is 29.4 Å². The fraction of sp³-hybridized carbons (Fsp3) is 0.500. The summed E-state index contributed by atoms with van der Waals surface area (Å²) in [6.45, 7) is -0.409. The maximum atomic E-state index is 13.1. The predicted octanol–water partition coefficient (Wildman–Crippen LogP) is -0.172. The van der Waals surface area contributed by atoms with Crippen LogP contribution in [0.2, 0.25) is 0 Å². The van der Waals surface area contributed by atoms with E-state index in [-0.39, 0.29) is 19.4 Å². The van der Waals surface area contributed by atoms with Gasteiger partial charge >= 0.3 is 5.97 Å². The zero-order valence-corrected chi connectivity index (χ0v) is 20.9. The van der Waals surface area contributed by atoms with Gasteiger partial charge in [-0.1, -0.05) is 18.2 Å². The second-order valence-corrected chi connectivity index (χ2v) is 9.77. The van der Waals surface area contributed by atoms with E-state index in [1.54, 1.807) is 6.20 Å². The van der Waals surface area contributed by atoms with Gasteiger partial charge < -0.3 is 36.5 Å². The van der Waals surface area contributed by atoms with Crippen LogP contribution in [0.3, 0.4) is 0 Å². The highest BCUT2D eigenvalue weighted by molar-refractivity contribution is 7.98. The number of hydrogen-bond acceptors (Lipinski definition) is 7. The second kappa shape index (κ2) is 12.7. The van der Waals surface area contributed by atoms with Crippen molar-refractivity contribution in [1.29, 1.82) is 0 Å². The van der Waals surface area contributed by atoms with Gasteiger partial charge in [0.05, 0.1) is 12.6 Å². The number of hydrogen-bond donors (Lipinski definition) is 6. The number of benzene rings is 1. The molecule has 1 aliphatic heterocycles. The lowest BCUT2D eigenvalue weighted by molar-refractivity contribution is -0.145. The molecule has 0 aliphatic carbocycles. The minimum Gasteiger partial charge on any atom is -0.480 e. The number of thioether (sulfide) groups is 1. The molecule has 2 heterocycles. The summed E-state index contributed by atoms with van der Waals surface area (Å²) in [5.41, 5.74) is 7.87. The number of aromatic amines is 1. The molecule has 1 saturated heterocycles. The zero-order valence-electron chi connectivity index (χ0n) is 20.1. The number of carbonyl (C=O) groups is 4. The highest BCUT2D eigenvalue weighted by Gasteiger charge is 2.39. The number of nitrogens with two attached hydrogens (primary N) is 1. The number of rotatable bonds is 12. The third kappa shape index (κ3) is 6.56. The highest BCUT2D eigenvalue weighted by atomic mass is 32.2. The van der Waals surface area contributed by atoms with Crippen LogP contribution in [0.25, 0.3) is 10.9 Å². The Morgan fingerprint density at radius 2 is 1.97 bits per heavy atom. The van der Waals surface area contributed by atoms with Crippen molar-refractivity contribution in [3.8, 4) is 0 Å². The molecule has 3 amide bonds. The summed E-state index contributed by atoms with van der Waals surface area (Å²) >= 11 is 1.47. The van der Waals surface area contributed by atoms with E-state index < -0.39 is 54.5 Å². The molecule has 0 saturated carbocycles. The molecule has 3 rings (SSSR count). The van der Waals surface area contributed by atoms with Crippen LogP contribution in [-0.4, -0.2) is 93.1 Å². The van der Waals surface area contributed by atoms with Gasteiger partial charge in [0.1, 0.15) is 18.1 Å². The van der Waals surface area contributed by atoms with Crippen LogP contribution in [-0.2, 0) is 25.6 Å². The van der Waals surface area contributed by atoms with E-state index in [1.165, 1.54) is 16.7 Å². The number of amides is 3. The number of nitrogens with zero attached hydrogens (tertiary/aromatic N) is 1. The zero-order chi connectivity index (χ0) is 26.2. The fourth-order valence-corrected chi connectivity index (χ4v) is 4.83. The molecule has 0 radical (unpaired) electrons. The van der Waals surface area contributed by atoms with Crippen LogP contribution >= 0.6 is 11.8 Å². The molecule has 4 unspecified atom stereocenters. The number of likely N-dealkylation sites (tertiary alicyclic amines) is 1. The van der Waals surface area contributed by atoms with Gasteiger partial charge in [-0.2, -0.15) is 11.8 Å². The summed E-state index contributed by atoms with van der Waals surface area (Å²) in [6.07, 6.45) is 5.00. The van der Waals surface area contributed by atoms with Crippen molar-refractivity contribution in [2.45, 2.75) is 49.9 Å². The van der Waals surface area contributed by atoms with Crippen LogP contribution < -0.4 is 16.4 Å². The van der Waals surface area contributed by atoms with Gasteiger partial charge in [0.2, 0.25) is 17.7 Å². The van der Waals surface area contributed by atoms with Crippen LogP contribution in [0.1, 0.15) is 24.8 Å². The van der Waals surface area contributed by atoms with Crippen LogP contribution in [0.5, 0.6) is 0 Å². The van der Waals surface area contributed by atoms with E-state index in [0.29, 0.717) is 18.6 Å². The number of carboxylic acids is 1. The summed E-state index contributed by atoms with van der Waals surface area (Å²) in [5, 5.41) is 25.2. The molecule has 36 heavy (non-hydrogen) atoms. The number of nitrogens with one attached hydrogen (secondary N) is 3. The average molecular weight is 520 g/mol. The van der Waals surface area contributed by atoms with E-state index >= 15 is 0 Å². The first-order valence-electron chi connectivity index (χ1n) is 11.8. The summed E-state index contributed by atoms with van der Waals surface area (Å²) in [4.78, 5) is 54.6. The predicted molar refractivity (Wildman–Crippen MR) is 136 cm³/mol. The smallest absolute Gasteiger partial charge is 0.326 e. The monoisotopic (exact) mass is 519 g/mol. The van der Waals surface area contributed by atoms with Crippen molar-refractivity contribution in [1.82, 2.24) is 20.5 Å². The molecule has 4 atom stereocenters. The Kier molecular flexibility index (Phi) is 9.73. The molecular formula is C24H33N5O6S. The van der Waals surface area contributed by atoms with Gasteiger partial charge in [-0.15, -0.1) is 0 Å². The van der Waals surface area contributed by atoms with Gasteiger partial charge in [0, 0.05) is 23.6 Å². The minimum atomic E-state index is -1.27. The van der Waals surface area contributed by atoms with Crippen molar-refractivity contribution in [3.63, 3.8) is 0 Å². The molecule has 12 heteroatoms. The topological polar surface area (TPSA) is 178 Å². The third-order valence-corrected chi connectivity index (χ3v) is 6.96. The largest absolute Gasteiger partial charge is 0.480 e. The standard InChI is InChI=1S/C24H33N5O6S/c1-36-10-8-18(24(34)35)27-22(32)20-7-4-9-29(20)23(33)19(13-30)28-21(31)16(25)11-14-12-26-17-6-3-2-5-15(14)17/h2-3,5-6,12,16,18-20,26,30H,4,7-11,13,25H2,1H3,(H,27,32)(H,28,31)(H,34,35). The van der Waals surface area contributed by atoms with Crippen LogP contribution in [0.4, 0.5) is 0 Å². The minimum absolute atomic E-state index is 0.226. The molecule has 1 aromatic heterocycles. The van der Waals surface area contributed by atoms with E-state index in [0.717, 1.165) is 16.5 Å². The molecular weight excluding hydrogens is 486 g/mol. The SMILES string of the molecule is CSCCC(NC(=O)C1CCCN1C(=O)C(CO)NC(=O)C(N)Cc1c[nH]c2ccccc12)C(=O)O. The van der Waals surface area contributed by atoms with Gasteiger partial charge in [-0.05, 0) is 49.3 Å². The number of aromatic nitrogens is 1. The molecule has 1 fully saturated rings. The number of aliphatic hydroxyl groups is 1. The first kappa shape index (κ1) is 27.5. The summed E-state index contributed by atoms with van der Waals surface area (Å²) in [6, 6.07) is 3.44. The molecule has 1 aromatic carbocycles. The van der Waals surface area contributed by atoms with Gasteiger partial charge in [0.25, 0.3) is 0 Å². The van der Waals surface area contributed by atoms with Crippen molar-refractivity contribution in [2.75, 3.05) is 25.2 Å². The van der Waals surface area contributed by atoms with Gasteiger partial charge in [-0.25, -0.2) is 4.79 Å². The Bertz CT molecular complexity index is 1090. The Morgan fingerprint density at radius 3 is 2.67 bits per heavy atom. The molecule has 0 spiro atoms. The lowest BCUT2D eigenvalue weighted by Gasteiger charge is -2.29. The maximum absolute atomic E-state index is 13.1. The second-order valence-electron chi connectivity index (χ2n) is 8.78. The molecule has 0 bridgehead atoms. The van der Waals surface area contributed by atoms with Crippen molar-refractivity contribution in [2.24, 2.45) is 5.73 Å². The average Bonchev–Trinajstić information content (AvgIpc) is 3.52. The van der Waals surface area contributed by atoms with E-state index in [2.05, 4.69) is 15.6 Å². The number of carboxylic acid groups (broad SMARTS) is 1. The summed E-state index contributed by atoms with van der Waals surface area (Å²) in [5.74, 6) is -2.36. The summed E-state index contributed by atoms with van der Waals surface area (Å²) in [7, 11) is 0. The normalized spacial score (nSPS) is 18.0. The van der Waals surface area contributed by atoms with Crippen LogP contribution in [0, 0.1) is 0 Å². The lowest BCUT2D eigenvalue weighted by Crippen LogP contribution is -2.58. The first-order chi connectivity index (χ1) is 17.3. The first-order valence-corrected chi connectivity index (χ1v) is 13.2. The van der Waals surface area contributed by atoms with E-state index in [1.807, 2.05) is 30.5 Å². The lowest BCUT2D eigenvalue weighted by atomic mass is 10.0. The molecule has 2 aromatic rings. The number of para-hydroxylation sites is 1. The van der Waals surface area contributed by atoms with Gasteiger partial charge in [-0.3, -0.25) is 14.4 Å². The Labute approximate surface area is 213 Å². The quantitative estimate of drug-likeness (QED) is 0.224. The highest BCUT2D eigenvalue weighted by Crippen LogP contribution is 2.20. The van der Waals surface area contributed by atoms with Crippen LogP contribution in [0.15, 0.2) is 30.5 Å². The Hall–Kier alpha value is -3.09. The molecule has 1 aliphatic rings. The number of fused-ring (bicyclic) bond motifs is 1. The third-order valence-electron chi connectivity index (χ3n) is 6.31. The fourth-order valence-electron chi connectivity index (χ4n) is 4.36. The molecule has 7 N–H and O–H groups in total. The Morgan fingerprint density at radius 1 is 1.22 bits per heavy atom. The van der Waals surface area contributed by atoms with Crippen molar-refractivity contribution >= 4 is 46.4 Å². The number of aliphatic carboxylic acids is 1. The summed E-state index contributed by atoms with van der Waals surface area (Å²) < 4.78 is 0. The maximum Gasteiger partial charge on any atom is 0.326 e. The Balaban J connectivity index is 1.62. The van der Waals surface area contributed by atoms with E-state index in [9.17, 15) is 29.4 Å². The number of H-pyrrole nitrogens is 1. The molecule has 11 nitrogen and oxygen atoms in total. The van der Waals surface area contributed by atoms with Gasteiger partial charge in [0.15, 0.2) is 0 Å². The number of aliphatic hydroxyl groups excluding tert-OH is 1.